The minimum absolute atomic E-state index is 0.102. The van der Waals surface area contributed by atoms with Gasteiger partial charge in [0.1, 0.15) is 5.76 Å². The number of rotatable bonds is 6. The molecular formula is C17H18N4O2. The van der Waals surface area contributed by atoms with Crippen LogP contribution in [-0.2, 0) is 17.8 Å². The third-order valence-electron chi connectivity index (χ3n) is 3.50. The molecule has 0 fully saturated rings. The Morgan fingerprint density at radius 3 is 2.83 bits per heavy atom. The van der Waals surface area contributed by atoms with Gasteiger partial charge in [0.15, 0.2) is 0 Å². The second-order valence-electron chi connectivity index (χ2n) is 5.40. The molecule has 6 nitrogen and oxygen atoms in total. The number of amides is 1. The highest BCUT2D eigenvalue weighted by Gasteiger charge is 2.16. The van der Waals surface area contributed by atoms with Crippen molar-refractivity contribution >= 4 is 5.91 Å². The van der Waals surface area contributed by atoms with E-state index < -0.39 is 0 Å². The number of aromatic nitrogens is 3. The summed E-state index contributed by atoms with van der Waals surface area (Å²) in [5.74, 6) is 0.463. The van der Waals surface area contributed by atoms with Crippen LogP contribution in [0.3, 0.4) is 0 Å². The Bertz CT molecular complexity index is 750. The maximum atomic E-state index is 12.3. The van der Waals surface area contributed by atoms with Crippen LogP contribution in [0.4, 0.5) is 0 Å². The van der Waals surface area contributed by atoms with E-state index in [1.54, 1.807) is 18.6 Å². The Morgan fingerprint density at radius 1 is 1.35 bits per heavy atom. The summed E-state index contributed by atoms with van der Waals surface area (Å²) in [7, 11) is 0. The van der Waals surface area contributed by atoms with E-state index in [1.807, 2.05) is 48.0 Å². The van der Waals surface area contributed by atoms with Gasteiger partial charge in [-0.1, -0.05) is 35.5 Å². The normalized spacial score (nSPS) is 12.0. The zero-order valence-electron chi connectivity index (χ0n) is 12.8. The standard InChI is InChI=1S/C17H18N4O2/c1-13-9-15(23-20-13)10-17(22)19-16(11-21-8-7-18-12-21)14-5-3-2-4-6-14/h2-9,12,16H,10-11H2,1H3,(H,19,22)/t16-/m0/s1. The van der Waals surface area contributed by atoms with Gasteiger partial charge in [-0.3, -0.25) is 4.79 Å². The van der Waals surface area contributed by atoms with Crippen molar-refractivity contribution in [1.29, 1.82) is 0 Å². The van der Waals surface area contributed by atoms with Gasteiger partial charge in [-0.2, -0.15) is 0 Å². The molecule has 0 saturated heterocycles. The second-order valence-corrected chi connectivity index (χ2v) is 5.40. The first-order valence-electron chi connectivity index (χ1n) is 7.43. The molecular weight excluding hydrogens is 292 g/mol. The number of carbonyl (C=O) groups is 1. The smallest absolute Gasteiger partial charge is 0.228 e. The average molecular weight is 310 g/mol. The zero-order chi connectivity index (χ0) is 16.1. The van der Waals surface area contributed by atoms with Gasteiger partial charge >= 0.3 is 0 Å². The molecule has 0 saturated carbocycles. The molecule has 0 radical (unpaired) electrons. The predicted molar refractivity (Wildman–Crippen MR) is 84.5 cm³/mol. The van der Waals surface area contributed by atoms with Crippen LogP contribution in [0.25, 0.3) is 0 Å². The number of benzene rings is 1. The molecule has 1 atom stereocenters. The van der Waals surface area contributed by atoms with Crippen molar-refractivity contribution in [2.75, 3.05) is 0 Å². The predicted octanol–water partition coefficient (Wildman–Crippen LogP) is 2.28. The van der Waals surface area contributed by atoms with Gasteiger partial charge in [0.2, 0.25) is 5.91 Å². The Hall–Kier alpha value is -2.89. The fraction of sp³-hybridized carbons (Fsp3) is 0.235. The Labute approximate surface area is 134 Å². The van der Waals surface area contributed by atoms with Gasteiger partial charge in [0.05, 0.1) is 24.5 Å². The first-order valence-corrected chi connectivity index (χ1v) is 7.43. The van der Waals surface area contributed by atoms with E-state index in [-0.39, 0.29) is 18.4 Å². The SMILES string of the molecule is Cc1cc(CC(=O)N[C@@H](Cn2ccnc2)c2ccccc2)on1. The average Bonchev–Trinajstić information content (AvgIpc) is 3.19. The molecule has 0 bridgehead atoms. The van der Waals surface area contributed by atoms with Gasteiger partial charge in [0, 0.05) is 25.0 Å². The molecule has 6 heteroatoms. The molecule has 23 heavy (non-hydrogen) atoms. The third-order valence-corrected chi connectivity index (χ3v) is 3.50. The van der Waals surface area contributed by atoms with Gasteiger partial charge in [-0.05, 0) is 12.5 Å². The van der Waals surface area contributed by atoms with Crippen molar-refractivity contribution in [1.82, 2.24) is 20.0 Å². The first kappa shape index (κ1) is 15.0. The van der Waals surface area contributed by atoms with Crippen LogP contribution < -0.4 is 5.32 Å². The number of imidazole rings is 1. The Balaban J connectivity index is 1.71. The van der Waals surface area contributed by atoms with Crippen molar-refractivity contribution in [2.45, 2.75) is 25.9 Å². The summed E-state index contributed by atoms with van der Waals surface area (Å²) in [6.45, 7) is 2.45. The van der Waals surface area contributed by atoms with Crippen molar-refractivity contribution in [3.05, 3.63) is 72.1 Å². The van der Waals surface area contributed by atoms with Gasteiger partial charge < -0.3 is 14.4 Å². The van der Waals surface area contributed by atoms with E-state index >= 15 is 0 Å². The van der Waals surface area contributed by atoms with E-state index in [0.717, 1.165) is 11.3 Å². The van der Waals surface area contributed by atoms with Crippen molar-refractivity contribution in [3.8, 4) is 0 Å². The van der Waals surface area contributed by atoms with E-state index in [9.17, 15) is 4.79 Å². The van der Waals surface area contributed by atoms with E-state index in [0.29, 0.717) is 12.3 Å². The van der Waals surface area contributed by atoms with Crippen LogP contribution in [0.15, 0.2) is 59.6 Å². The number of carbonyl (C=O) groups excluding carboxylic acids is 1. The fourth-order valence-electron chi connectivity index (χ4n) is 2.43. The molecule has 2 aromatic heterocycles. The lowest BCUT2D eigenvalue weighted by Gasteiger charge is -2.19. The highest BCUT2D eigenvalue weighted by atomic mass is 16.5. The lowest BCUT2D eigenvalue weighted by Crippen LogP contribution is -2.32. The minimum atomic E-state index is -0.137. The summed E-state index contributed by atoms with van der Waals surface area (Å²) in [6.07, 6.45) is 5.51. The fourth-order valence-corrected chi connectivity index (χ4v) is 2.43. The second kappa shape index (κ2) is 6.91. The summed E-state index contributed by atoms with van der Waals surface area (Å²) < 4.78 is 7.04. The number of nitrogens with one attached hydrogen (secondary N) is 1. The summed E-state index contributed by atoms with van der Waals surface area (Å²) >= 11 is 0. The van der Waals surface area contributed by atoms with Crippen LogP contribution in [0, 0.1) is 6.92 Å². The Morgan fingerprint density at radius 2 is 2.17 bits per heavy atom. The number of nitrogens with zero attached hydrogens (tertiary/aromatic N) is 3. The van der Waals surface area contributed by atoms with Crippen molar-refractivity contribution < 1.29 is 9.32 Å². The van der Waals surface area contributed by atoms with E-state index in [2.05, 4.69) is 15.5 Å². The highest BCUT2D eigenvalue weighted by Crippen LogP contribution is 2.15. The molecule has 1 aromatic carbocycles. The van der Waals surface area contributed by atoms with Gasteiger partial charge in [-0.25, -0.2) is 4.98 Å². The molecule has 1 amide bonds. The molecule has 3 aromatic rings. The van der Waals surface area contributed by atoms with E-state index in [1.165, 1.54) is 0 Å². The number of hydrogen-bond acceptors (Lipinski definition) is 4. The zero-order valence-corrected chi connectivity index (χ0v) is 12.8. The van der Waals surface area contributed by atoms with Gasteiger partial charge in [-0.15, -0.1) is 0 Å². The summed E-state index contributed by atoms with van der Waals surface area (Å²) in [6, 6.07) is 11.5. The molecule has 0 aliphatic heterocycles. The van der Waals surface area contributed by atoms with E-state index in [4.69, 9.17) is 4.52 Å². The lowest BCUT2D eigenvalue weighted by molar-refractivity contribution is -0.121. The van der Waals surface area contributed by atoms with Crippen LogP contribution in [0.5, 0.6) is 0 Å². The molecule has 3 rings (SSSR count). The summed E-state index contributed by atoms with van der Waals surface area (Å²) in [5, 5.41) is 6.85. The number of aryl methyl sites for hydroxylation is 1. The third kappa shape index (κ3) is 4.06. The summed E-state index contributed by atoms with van der Waals surface area (Å²) in [5.41, 5.74) is 1.81. The molecule has 0 spiro atoms. The molecule has 1 N–H and O–H groups in total. The van der Waals surface area contributed by atoms with Crippen LogP contribution >= 0.6 is 0 Å². The maximum Gasteiger partial charge on any atom is 0.228 e. The monoisotopic (exact) mass is 310 g/mol. The maximum absolute atomic E-state index is 12.3. The van der Waals surface area contributed by atoms with Crippen LogP contribution in [0.2, 0.25) is 0 Å². The molecule has 0 unspecified atom stereocenters. The van der Waals surface area contributed by atoms with Crippen molar-refractivity contribution in [3.63, 3.8) is 0 Å². The molecule has 118 valence electrons. The molecule has 0 aliphatic rings. The largest absolute Gasteiger partial charge is 0.361 e. The van der Waals surface area contributed by atoms with Crippen LogP contribution in [-0.4, -0.2) is 20.6 Å². The first-order chi connectivity index (χ1) is 11.2. The minimum Gasteiger partial charge on any atom is -0.361 e. The van der Waals surface area contributed by atoms with Crippen LogP contribution in [0.1, 0.15) is 23.1 Å². The highest BCUT2D eigenvalue weighted by molar-refractivity contribution is 5.78. The molecule has 2 heterocycles. The van der Waals surface area contributed by atoms with Crippen molar-refractivity contribution in [2.24, 2.45) is 0 Å². The lowest BCUT2D eigenvalue weighted by atomic mass is 10.1. The number of hydrogen-bond donors (Lipinski definition) is 1. The molecule has 0 aliphatic carbocycles. The Kier molecular flexibility index (Phi) is 4.52. The van der Waals surface area contributed by atoms with Gasteiger partial charge in [0.25, 0.3) is 0 Å². The summed E-state index contributed by atoms with van der Waals surface area (Å²) in [4.78, 5) is 16.4. The topological polar surface area (TPSA) is 73.0 Å². The quantitative estimate of drug-likeness (QED) is 0.758.